The molecule has 1 amide bonds. The number of nitrogens with zero attached hydrogens (tertiary/aromatic N) is 2. The van der Waals surface area contributed by atoms with Gasteiger partial charge in [0.05, 0.1) is 17.8 Å². The van der Waals surface area contributed by atoms with E-state index in [-0.39, 0.29) is 18.9 Å². The van der Waals surface area contributed by atoms with Crippen LogP contribution in [0.3, 0.4) is 0 Å². The van der Waals surface area contributed by atoms with E-state index in [1.807, 2.05) is 32.0 Å². The van der Waals surface area contributed by atoms with Crippen molar-refractivity contribution < 1.29 is 14.3 Å². The second-order valence-electron chi connectivity index (χ2n) is 6.73. The predicted octanol–water partition coefficient (Wildman–Crippen LogP) is 6.04. The van der Waals surface area contributed by atoms with E-state index < -0.39 is 5.97 Å². The number of thiazole rings is 1. The summed E-state index contributed by atoms with van der Waals surface area (Å²) in [4.78, 5) is 30.6. The Kier molecular flexibility index (Phi) is 7.13. The first-order chi connectivity index (χ1) is 14.3. The van der Waals surface area contributed by atoms with Gasteiger partial charge in [-0.2, -0.15) is 0 Å². The molecule has 0 aliphatic carbocycles. The Bertz CT molecular complexity index is 1080. The van der Waals surface area contributed by atoms with Gasteiger partial charge in [-0.3, -0.25) is 14.5 Å². The van der Waals surface area contributed by atoms with Gasteiger partial charge in [0.25, 0.3) is 0 Å². The highest BCUT2D eigenvalue weighted by atomic mass is 35.5. The summed E-state index contributed by atoms with van der Waals surface area (Å²) in [5.74, 6) is -0.604. The lowest BCUT2D eigenvalue weighted by atomic mass is 10.1. The zero-order valence-electron chi connectivity index (χ0n) is 16.7. The minimum atomic E-state index is -0.461. The summed E-state index contributed by atoms with van der Waals surface area (Å²) in [5.41, 5.74) is 3.97. The Morgan fingerprint density at radius 3 is 2.43 bits per heavy atom. The summed E-state index contributed by atoms with van der Waals surface area (Å²) in [5, 5.41) is 3.13. The van der Waals surface area contributed by atoms with Gasteiger partial charge in [0.15, 0.2) is 5.13 Å². The van der Waals surface area contributed by atoms with Crippen molar-refractivity contribution in [2.45, 2.75) is 33.8 Å². The van der Waals surface area contributed by atoms with E-state index in [1.54, 1.807) is 28.5 Å². The highest BCUT2D eigenvalue weighted by Gasteiger charge is 2.21. The Morgan fingerprint density at radius 1 is 1.10 bits per heavy atom. The van der Waals surface area contributed by atoms with Crippen LogP contribution in [0.2, 0.25) is 10.0 Å². The maximum Gasteiger partial charge on any atom is 0.310 e. The van der Waals surface area contributed by atoms with Crippen LogP contribution < -0.4 is 4.90 Å². The Balaban J connectivity index is 1.71. The van der Waals surface area contributed by atoms with Gasteiger partial charge in [-0.1, -0.05) is 41.4 Å². The van der Waals surface area contributed by atoms with Crippen molar-refractivity contribution in [3.63, 3.8) is 0 Å². The van der Waals surface area contributed by atoms with E-state index in [9.17, 15) is 9.59 Å². The predicted molar refractivity (Wildman–Crippen MR) is 121 cm³/mol. The molecule has 0 unspecified atom stereocenters. The molecule has 0 atom stereocenters. The summed E-state index contributed by atoms with van der Waals surface area (Å²) < 4.78 is 5.33. The van der Waals surface area contributed by atoms with Crippen molar-refractivity contribution >= 4 is 57.2 Å². The fourth-order valence-corrected chi connectivity index (χ4v) is 4.30. The van der Waals surface area contributed by atoms with Crippen LogP contribution in [0.25, 0.3) is 0 Å². The summed E-state index contributed by atoms with van der Waals surface area (Å²) in [6.07, 6.45) is -0.0302. The maximum atomic E-state index is 12.3. The van der Waals surface area contributed by atoms with Crippen LogP contribution in [0.1, 0.15) is 29.3 Å². The molecule has 0 aliphatic rings. The number of carbonyl (C=O) groups excluding carboxylic acids is 2. The van der Waals surface area contributed by atoms with Gasteiger partial charge in [-0.15, -0.1) is 11.3 Å². The number of aryl methyl sites for hydroxylation is 1. The lowest BCUT2D eigenvalue weighted by Gasteiger charge is -2.21. The maximum absolute atomic E-state index is 12.3. The fraction of sp³-hybridized carbons (Fsp3) is 0.227. The summed E-state index contributed by atoms with van der Waals surface area (Å²) in [7, 11) is 0. The fourth-order valence-electron chi connectivity index (χ4n) is 2.90. The summed E-state index contributed by atoms with van der Waals surface area (Å²) in [6.45, 7) is 5.46. The topological polar surface area (TPSA) is 59.5 Å². The monoisotopic (exact) mass is 462 g/mol. The molecule has 1 heterocycles. The van der Waals surface area contributed by atoms with Gasteiger partial charge in [0.2, 0.25) is 5.91 Å². The molecule has 3 rings (SSSR count). The van der Waals surface area contributed by atoms with Crippen molar-refractivity contribution in [3.05, 3.63) is 74.2 Å². The van der Waals surface area contributed by atoms with Crippen LogP contribution in [0.4, 0.5) is 10.8 Å². The molecular formula is C22H20Cl2N2O3S. The third kappa shape index (κ3) is 5.01. The van der Waals surface area contributed by atoms with Gasteiger partial charge in [0, 0.05) is 27.9 Å². The highest BCUT2D eigenvalue weighted by Crippen LogP contribution is 2.32. The van der Waals surface area contributed by atoms with Crippen LogP contribution in [0.15, 0.2) is 41.8 Å². The lowest BCUT2D eigenvalue weighted by Crippen LogP contribution is -2.23. The number of hydrogen-bond acceptors (Lipinski definition) is 5. The van der Waals surface area contributed by atoms with Crippen molar-refractivity contribution in [1.82, 2.24) is 4.98 Å². The van der Waals surface area contributed by atoms with E-state index in [2.05, 4.69) is 4.98 Å². The van der Waals surface area contributed by atoms with Gasteiger partial charge >= 0.3 is 5.97 Å². The zero-order chi connectivity index (χ0) is 21.8. The average Bonchev–Trinajstić information content (AvgIpc) is 3.15. The highest BCUT2D eigenvalue weighted by molar-refractivity contribution is 7.14. The molecule has 1 aromatic heterocycles. The molecule has 2 aromatic carbocycles. The van der Waals surface area contributed by atoms with Gasteiger partial charge in [-0.25, -0.2) is 4.98 Å². The molecule has 8 heteroatoms. The van der Waals surface area contributed by atoms with Crippen molar-refractivity contribution in [2.24, 2.45) is 0 Å². The smallest absolute Gasteiger partial charge is 0.310 e. The molecule has 3 aromatic rings. The van der Waals surface area contributed by atoms with Crippen molar-refractivity contribution in [1.29, 1.82) is 0 Å². The van der Waals surface area contributed by atoms with Gasteiger partial charge in [0.1, 0.15) is 6.61 Å². The third-order valence-corrected chi connectivity index (χ3v) is 6.21. The molecule has 0 radical (unpaired) electrons. The number of carbonyl (C=O) groups is 2. The SMILES string of the molecule is CC(=O)N(c1nc(COC(=O)Cc2c(Cl)cccc2Cl)cs1)c1cccc(C)c1C. The molecule has 0 saturated heterocycles. The summed E-state index contributed by atoms with van der Waals surface area (Å²) >= 11 is 13.5. The number of aromatic nitrogens is 1. The first kappa shape index (κ1) is 22.3. The average molecular weight is 463 g/mol. The van der Waals surface area contributed by atoms with Crippen molar-refractivity contribution in [2.75, 3.05) is 4.90 Å². The Morgan fingerprint density at radius 2 is 1.77 bits per heavy atom. The Hall–Kier alpha value is -2.41. The third-order valence-electron chi connectivity index (χ3n) is 4.63. The van der Waals surface area contributed by atoms with Crippen LogP contribution in [-0.4, -0.2) is 16.9 Å². The standard InChI is InChI=1S/C22H20Cl2N2O3S/c1-13-6-4-9-20(14(13)2)26(15(3)27)22-25-16(12-30-22)11-29-21(28)10-17-18(23)7-5-8-19(17)24/h4-9,12H,10-11H2,1-3H3. The molecule has 0 aliphatic heterocycles. The quantitative estimate of drug-likeness (QED) is 0.419. The number of amides is 1. The minimum absolute atomic E-state index is 0.00402. The summed E-state index contributed by atoms with van der Waals surface area (Å²) in [6, 6.07) is 10.9. The molecule has 0 fully saturated rings. The number of halogens is 2. The number of esters is 1. The van der Waals surface area contributed by atoms with E-state index >= 15 is 0 Å². The second kappa shape index (κ2) is 9.60. The molecule has 5 nitrogen and oxygen atoms in total. The molecule has 30 heavy (non-hydrogen) atoms. The van der Waals surface area contributed by atoms with E-state index in [0.29, 0.717) is 26.4 Å². The van der Waals surface area contributed by atoms with E-state index in [0.717, 1.165) is 16.8 Å². The molecule has 0 bridgehead atoms. The van der Waals surface area contributed by atoms with Crippen LogP contribution in [0.5, 0.6) is 0 Å². The van der Waals surface area contributed by atoms with E-state index in [4.69, 9.17) is 27.9 Å². The minimum Gasteiger partial charge on any atom is -0.459 e. The van der Waals surface area contributed by atoms with Crippen LogP contribution in [-0.2, 0) is 27.4 Å². The normalized spacial score (nSPS) is 10.7. The number of ether oxygens (including phenoxy) is 1. The van der Waals surface area contributed by atoms with Gasteiger partial charge < -0.3 is 4.74 Å². The van der Waals surface area contributed by atoms with Crippen LogP contribution >= 0.6 is 34.5 Å². The Labute approximate surface area is 189 Å². The first-order valence-corrected chi connectivity index (χ1v) is 10.8. The van der Waals surface area contributed by atoms with Crippen LogP contribution in [0, 0.1) is 13.8 Å². The van der Waals surface area contributed by atoms with Crippen molar-refractivity contribution in [3.8, 4) is 0 Å². The first-order valence-electron chi connectivity index (χ1n) is 9.17. The molecule has 0 saturated carbocycles. The largest absolute Gasteiger partial charge is 0.459 e. The number of anilines is 2. The lowest BCUT2D eigenvalue weighted by molar-refractivity contribution is -0.144. The molecular weight excluding hydrogens is 443 g/mol. The zero-order valence-corrected chi connectivity index (χ0v) is 19.1. The molecule has 0 N–H and O–H groups in total. The molecule has 156 valence electrons. The second-order valence-corrected chi connectivity index (χ2v) is 8.38. The van der Waals surface area contributed by atoms with E-state index in [1.165, 1.54) is 18.3 Å². The molecule has 0 spiro atoms. The number of rotatable bonds is 6. The number of hydrogen-bond donors (Lipinski definition) is 0. The van der Waals surface area contributed by atoms with Gasteiger partial charge in [-0.05, 0) is 43.2 Å². The number of benzene rings is 2.